The number of methoxy groups -OCH3 is 1. The topological polar surface area (TPSA) is 68.7 Å². The number of aromatic carboxylic acids is 1. The van der Waals surface area contributed by atoms with Crippen LogP contribution in [-0.2, 0) is 6.61 Å². The van der Waals surface area contributed by atoms with Crippen molar-refractivity contribution < 1.29 is 19.4 Å². The molecular weight excluding hydrogens is 282 g/mol. The number of ether oxygens (including phenoxy) is 2. The van der Waals surface area contributed by atoms with Crippen LogP contribution in [0.3, 0.4) is 0 Å². The Labute approximate surface area is 120 Å². The van der Waals surface area contributed by atoms with Gasteiger partial charge < -0.3 is 14.6 Å². The summed E-state index contributed by atoms with van der Waals surface area (Å²) in [7, 11) is 1.52. The summed E-state index contributed by atoms with van der Waals surface area (Å²) in [5.74, 6) is -0.381. The molecule has 0 fully saturated rings. The van der Waals surface area contributed by atoms with Gasteiger partial charge in [0.05, 0.1) is 12.8 Å². The van der Waals surface area contributed by atoms with Crippen LogP contribution in [0.2, 0.25) is 5.02 Å². The monoisotopic (exact) mass is 293 g/mol. The van der Waals surface area contributed by atoms with Gasteiger partial charge in [-0.2, -0.15) is 0 Å². The first kappa shape index (κ1) is 14.1. The predicted octanol–water partition coefficient (Wildman–Crippen LogP) is 3.02. The molecule has 0 amide bonds. The Morgan fingerprint density at radius 1 is 1.35 bits per heavy atom. The number of carboxylic acids is 1. The quantitative estimate of drug-likeness (QED) is 0.917. The number of pyridine rings is 1. The lowest BCUT2D eigenvalue weighted by Crippen LogP contribution is -2.04. The van der Waals surface area contributed by atoms with Gasteiger partial charge in [-0.1, -0.05) is 17.7 Å². The normalized spacial score (nSPS) is 10.1. The molecule has 0 saturated carbocycles. The number of carbonyl (C=O) groups is 1. The second-order valence-electron chi connectivity index (χ2n) is 3.91. The second kappa shape index (κ2) is 6.25. The lowest BCUT2D eigenvalue weighted by atomic mass is 10.2. The average Bonchev–Trinajstić information content (AvgIpc) is 2.46. The number of rotatable bonds is 5. The van der Waals surface area contributed by atoms with E-state index in [2.05, 4.69) is 4.98 Å². The predicted molar refractivity (Wildman–Crippen MR) is 73.5 cm³/mol. The number of hydrogen-bond donors (Lipinski definition) is 1. The fourth-order valence-corrected chi connectivity index (χ4v) is 1.77. The number of nitrogens with zero attached hydrogens (tertiary/aromatic N) is 1. The molecule has 0 aliphatic heterocycles. The summed E-state index contributed by atoms with van der Waals surface area (Å²) in [6, 6.07) is 9.70. The molecule has 1 heterocycles. The maximum atomic E-state index is 11.1. The van der Waals surface area contributed by atoms with Crippen molar-refractivity contribution in [2.24, 2.45) is 0 Å². The van der Waals surface area contributed by atoms with Crippen LogP contribution >= 0.6 is 11.6 Å². The molecule has 6 heteroatoms. The third kappa shape index (κ3) is 3.39. The second-order valence-corrected chi connectivity index (χ2v) is 4.34. The van der Waals surface area contributed by atoms with Gasteiger partial charge in [-0.25, -0.2) is 9.78 Å². The summed E-state index contributed by atoms with van der Waals surface area (Å²) in [5, 5.41) is 9.44. The molecule has 20 heavy (non-hydrogen) atoms. The van der Waals surface area contributed by atoms with Crippen LogP contribution in [0.1, 0.15) is 16.1 Å². The zero-order valence-corrected chi connectivity index (χ0v) is 11.4. The van der Waals surface area contributed by atoms with Crippen molar-refractivity contribution in [3.05, 3.63) is 52.7 Å². The zero-order valence-electron chi connectivity index (χ0n) is 10.7. The van der Waals surface area contributed by atoms with Gasteiger partial charge in [-0.05, 0) is 24.3 Å². The molecule has 0 spiro atoms. The van der Waals surface area contributed by atoms with Crippen LogP contribution in [0.15, 0.2) is 36.4 Å². The van der Waals surface area contributed by atoms with E-state index in [0.717, 1.165) is 0 Å². The number of carboxylic acid groups (broad SMARTS) is 1. The molecule has 0 aliphatic rings. The maximum absolute atomic E-state index is 11.1. The fraction of sp³-hybridized carbons (Fsp3) is 0.143. The van der Waals surface area contributed by atoms with E-state index < -0.39 is 5.97 Å². The van der Waals surface area contributed by atoms with E-state index in [4.69, 9.17) is 26.2 Å². The van der Waals surface area contributed by atoms with Crippen LogP contribution in [0.4, 0.5) is 0 Å². The molecule has 0 unspecified atom stereocenters. The van der Waals surface area contributed by atoms with Crippen molar-refractivity contribution in [1.29, 1.82) is 0 Å². The van der Waals surface area contributed by atoms with Crippen LogP contribution in [0, 0.1) is 0 Å². The van der Waals surface area contributed by atoms with Crippen molar-refractivity contribution in [3.8, 4) is 11.6 Å². The van der Waals surface area contributed by atoms with Crippen LogP contribution < -0.4 is 9.47 Å². The molecular formula is C14H12ClNO4. The highest BCUT2D eigenvalue weighted by Crippen LogP contribution is 2.23. The largest absolute Gasteiger partial charge is 0.486 e. The molecule has 0 bridgehead atoms. The Morgan fingerprint density at radius 2 is 2.15 bits per heavy atom. The molecule has 0 saturated heterocycles. The van der Waals surface area contributed by atoms with E-state index in [0.29, 0.717) is 16.6 Å². The van der Waals surface area contributed by atoms with E-state index >= 15 is 0 Å². The van der Waals surface area contributed by atoms with Crippen molar-refractivity contribution >= 4 is 17.6 Å². The Morgan fingerprint density at radius 3 is 2.85 bits per heavy atom. The molecule has 5 nitrogen and oxygen atoms in total. The van der Waals surface area contributed by atoms with Crippen molar-refractivity contribution in [2.45, 2.75) is 6.61 Å². The van der Waals surface area contributed by atoms with Crippen molar-refractivity contribution in [3.63, 3.8) is 0 Å². The van der Waals surface area contributed by atoms with Crippen LogP contribution in [0.5, 0.6) is 11.6 Å². The molecule has 0 radical (unpaired) electrons. The molecule has 0 atom stereocenters. The van der Waals surface area contributed by atoms with Crippen molar-refractivity contribution in [2.75, 3.05) is 7.11 Å². The van der Waals surface area contributed by atoms with Gasteiger partial charge in [0, 0.05) is 11.1 Å². The van der Waals surface area contributed by atoms with Crippen LogP contribution in [0.25, 0.3) is 0 Å². The third-order valence-electron chi connectivity index (χ3n) is 2.54. The van der Waals surface area contributed by atoms with E-state index in [1.807, 2.05) is 0 Å². The summed E-state index contributed by atoms with van der Waals surface area (Å²) in [6.45, 7) is 0.138. The number of benzene rings is 1. The maximum Gasteiger partial charge on any atom is 0.339 e. The van der Waals surface area contributed by atoms with Crippen LogP contribution in [-0.4, -0.2) is 23.2 Å². The van der Waals surface area contributed by atoms with E-state index in [9.17, 15) is 4.79 Å². The number of aromatic nitrogens is 1. The van der Waals surface area contributed by atoms with Gasteiger partial charge in [-0.3, -0.25) is 0 Å². The van der Waals surface area contributed by atoms with Gasteiger partial charge in [0.25, 0.3) is 0 Å². The highest BCUT2D eigenvalue weighted by atomic mass is 35.5. The summed E-state index contributed by atoms with van der Waals surface area (Å²) in [6.07, 6.45) is 0. The minimum atomic E-state index is -1.10. The van der Waals surface area contributed by atoms with E-state index in [-0.39, 0.29) is 17.9 Å². The average molecular weight is 294 g/mol. The highest BCUT2D eigenvalue weighted by molar-refractivity contribution is 6.31. The zero-order chi connectivity index (χ0) is 14.5. The standard InChI is InChI=1S/C14H12ClNO4/c1-19-13-4-2-3-10(16-13)8-20-12-6-5-9(15)7-11(12)14(17)18/h2-7H,8H2,1H3,(H,17,18). The number of halogens is 1. The van der Waals surface area contributed by atoms with Crippen molar-refractivity contribution in [1.82, 2.24) is 4.98 Å². The summed E-state index contributed by atoms with van der Waals surface area (Å²) in [5.41, 5.74) is 0.649. The first-order valence-electron chi connectivity index (χ1n) is 5.75. The molecule has 1 N–H and O–H groups in total. The molecule has 0 aliphatic carbocycles. The lowest BCUT2D eigenvalue weighted by molar-refractivity contribution is 0.0691. The Bertz CT molecular complexity index is 630. The first-order chi connectivity index (χ1) is 9.60. The van der Waals surface area contributed by atoms with E-state index in [1.54, 1.807) is 24.3 Å². The lowest BCUT2D eigenvalue weighted by Gasteiger charge is -2.09. The molecule has 104 valence electrons. The van der Waals surface area contributed by atoms with Gasteiger partial charge >= 0.3 is 5.97 Å². The minimum Gasteiger partial charge on any atom is -0.486 e. The minimum absolute atomic E-state index is 0.0143. The SMILES string of the molecule is COc1cccc(COc2ccc(Cl)cc2C(=O)O)n1. The Balaban J connectivity index is 2.16. The Hall–Kier alpha value is -2.27. The smallest absolute Gasteiger partial charge is 0.339 e. The summed E-state index contributed by atoms with van der Waals surface area (Å²) < 4.78 is 10.5. The Kier molecular flexibility index (Phi) is 4.42. The fourth-order valence-electron chi connectivity index (χ4n) is 1.60. The molecule has 1 aromatic heterocycles. The molecule has 2 rings (SSSR count). The molecule has 2 aromatic rings. The summed E-state index contributed by atoms with van der Waals surface area (Å²) >= 11 is 5.77. The van der Waals surface area contributed by atoms with Gasteiger partial charge in [0.1, 0.15) is 17.9 Å². The first-order valence-corrected chi connectivity index (χ1v) is 6.13. The van der Waals surface area contributed by atoms with Gasteiger partial charge in [0.2, 0.25) is 5.88 Å². The van der Waals surface area contributed by atoms with Gasteiger partial charge in [0.15, 0.2) is 0 Å². The summed E-state index contributed by atoms with van der Waals surface area (Å²) in [4.78, 5) is 15.3. The van der Waals surface area contributed by atoms with E-state index in [1.165, 1.54) is 19.2 Å². The third-order valence-corrected chi connectivity index (χ3v) is 2.77. The molecule has 1 aromatic carbocycles. The van der Waals surface area contributed by atoms with Gasteiger partial charge in [-0.15, -0.1) is 0 Å². The highest BCUT2D eigenvalue weighted by Gasteiger charge is 2.12. The number of hydrogen-bond acceptors (Lipinski definition) is 4.